The molecule has 0 saturated carbocycles. The number of aliphatic hydroxyl groups excluding tert-OH is 1. The fraction of sp³-hybridized carbons (Fsp3) is 0.500. The molecule has 1 aromatic carbocycles. The van der Waals surface area contributed by atoms with E-state index < -0.39 is 0 Å². The molecule has 14 heavy (non-hydrogen) atoms. The Balaban J connectivity index is 2.39. The van der Waals surface area contributed by atoms with E-state index in [0.29, 0.717) is 12.6 Å². The van der Waals surface area contributed by atoms with Crippen LogP contribution in [0.1, 0.15) is 31.9 Å². The van der Waals surface area contributed by atoms with Gasteiger partial charge >= 0.3 is 0 Å². The maximum Gasteiger partial charge on any atom is 0.0662 e. The molecule has 2 heteroatoms. The molecule has 0 heterocycles. The maximum atomic E-state index is 9.39. The van der Waals surface area contributed by atoms with Crippen LogP contribution in [0.15, 0.2) is 30.3 Å². The van der Waals surface area contributed by atoms with Crippen molar-refractivity contribution in [1.29, 1.82) is 0 Å². The first kappa shape index (κ1) is 11.2. The second-order valence-corrected chi connectivity index (χ2v) is 3.60. The van der Waals surface area contributed by atoms with Crippen molar-refractivity contribution in [2.45, 2.75) is 32.4 Å². The van der Waals surface area contributed by atoms with E-state index in [0.717, 1.165) is 6.42 Å². The van der Waals surface area contributed by atoms with Crippen molar-refractivity contribution in [1.82, 2.24) is 5.32 Å². The Morgan fingerprint density at radius 3 is 2.50 bits per heavy atom. The molecule has 78 valence electrons. The van der Waals surface area contributed by atoms with Crippen molar-refractivity contribution < 1.29 is 5.11 Å². The van der Waals surface area contributed by atoms with E-state index in [1.165, 1.54) is 5.56 Å². The molecule has 0 aromatic heterocycles. The monoisotopic (exact) mass is 193 g/mol. The molecule has 1 unspecified atom stereocenters. The van der Waals surface area contributed by atoms with E-state index in [9.17, 15) is 5.11 Å². The number of benzene rings is 1. The summed E-state index contributed by atoms with van der Waals surface area (Å²) in [6.45, 7) is 4.75. The summed E-state index contributed by atoms with van der Waals surface area (Å²) in [5, 5.41) is 12.7. The van der Waals surface area contributed by atoms with Gasteiger partial charge in [-0.3, -0.25) is 0 Å². The van der Waals surface area contributed by atoms with Crippen LogP contribution in [0.25, 0.3) is 0 Å². The highest BCUT2D eigenvalue weighted by Gasteiger charge is 2.06. The largest absolute Gasteiger partial charge is 0.392 e. The molecule has 0 saturated heterocycles. The van der Waals surface area contributed by atoms with E-state index in [-0.39, 0.29) is 6.10 Å². The third kappa shape index (κ3) is 3.48. The van der Waals surface area contributed by atoms with Crippen molar-refractivity contribution >= 4 is 0 Å². The van der Waals surface area contributed by atoms with Crippen molar-refractivity contribution in [3.05, 3.63) is 35.9 Å². The Morgan fingerprint density at radius 2 is 1.93 bits per heavy atom. The number of nitrogens with one attached hydrogen (secondary N) is 1. The molecule has 0 bridgehead atoms. The van der Waals surface area contributed by atoms with Crippen LogP contribution in [0.3, 0.4) is 0 Å². The summed E-state index contributed by atoms with van der Waals surface area (Å²) in [7, 11) is 0. The molecule has 0 aliphatic carbocycles. The fourth-order valence-electron chi connectivity index (χ4n) is 1.32. The highest BCUT2D eigenvalue weighted by atomic mass is 16.3. The second kappa shape index (κ2) is 5.78. The summed E-state index contributed by atoms with van der Waals surface area (Å²) in [6, 6.07) is 10.6. The van der Waals surface area contributed by atoms with Gasteiger partial charge in [0.05, 0.1) is 6.10 Å². The molecule has 0 amide bonds. The van der Waals surface area contributed by atoms with Gasteiger partial charge in [-0.2, -0.15) is 0 Å². The summed E-state index contributed by atoms with van der Waals surface area (Å²) in [6.07, 6.45) is 0.565. The number of aliphatic hydroxyl groups is 1. The zero-order chi connectivity index (χ0) is 10.4. The molecule has 0 fully saturated rings. The lowest BCUT2D eigenvalue weighted by Crippen LogP contribution is -2.28. The quantitative estimate of drug-likeness (QED) is 0.750. The van der Waals surface area contributed by atoms with E-state index in [1.807, 2.05) is 25.1 Å². The Bertz CT molecular complexity index is 248. The first-order chi connectivity index (χ1) is 6.74. The highest BCUT2D eigenvalue weighted by molar-refractivity contribution is 5.17. The molecule has 2 N–H and O–H groups in total. The standard InChI is InChI=1S/C12H19NO/c1-3-12(14)9-13-10(2)11-7-5-4-6-8-11/h4-8,10,12-14H,3,9H2,1-2H3/t10-,12?/m1/s1. The lowest BCUT2D eigenvalue weighted by Gasteiger charge is -2.16. The SMILES string of the molecule is CCC(O)CN[C@H](C)c1ccccc1. The lowest BCUT2D eigenvalue weighted by molar-refractivity contribution is 0.164. The van der Waals surface area contributed by atoms with Gasteiger partial charge in [0.1, 0.15) is 0 Å². The fourth-order valence-corrected chi connectivity index (χ4v) is 1.32. The highest BCUT2D eigenvalue weighted by Crippen LogP contribution is 2.10. The van der Waals surface area contributed by atoms with Crippen molar-refractivity contribution in [3.8, 4) is 0 Å². The number of hydrogen-bond acceptors (Lipinski definition) is 2. The third-order valence-electron chi connectivity index (χ3n) is 2.43. The van der Waals surface area contributed by atoms with Gasteiger partial charge in [0, 0.05) is 12.6 Å². The van der Waals surface area contributed by atoms with Gasteiger partial charge in [0.15, 0.2) is 0 Å². The third-order valence-corrected chi connectivity index (χ3v) is 2.43. The number of hydrogen-bond donors (Lipinski definition) is 2. The van der Waals surface area contributed by atoms with E-state index in [4.69, 9.17) is 0 Å². The summed E-state index contributed by atoms with van der Waals surface area (Å²) < 4.78 is 0. The first-order valence-electron chi connectivity index (χ1n) is 5.20. The predicted molar refractivity (Wildman–Crippen MR) is 59.2 cm³/mol. The van der Waals surface area contributed by atoms with Gasteiger partial charge in [-0.25, -0.2) is 0 Å². The smallest absolute Gasteiger partial charge is 0.0662 e. The molecule has 0 aliphatic rings. The Labute approximate surface area is 86.0 Å². The van der Waals surface area contributed by atoms with E-state index in [1.54, 1.807) is 0 Å². The van der Waals surface area contributed by atoms with Crippen LogP contribution < -0.4 is 5.32 Å². The van der Waals surface area contributed by atoms with Gasteiger partial charge in [0.2, 0.25) is 0 Å². The zero-order valence-corrected chi connectivity index (χ0v) is 8.90. The van der Waals surface area contributed by atoms with Crippen LogP contribution in [-0.4, -0.2) is 17.8 Å². The molecule has 0 aliphatic heterocycles. The van der Waals surface area contributed by atoms with E-state index in [2.05, 4.69) is 24.4 Å². The molecule has 0 spiro atoms. The van der Waals surface area contributed by atoms with Crippen LogP contribution in [-0.2, 0) is 0 Å². The van der Waals surface area contributed by atoms with Gasteiger partial charge < -0.3 is 10.4 Å². The van der Waals surface area contributed by atoms with Gasteiger partial charge in [0.25, 0.3) is 0 Å². The van der Waals surface area contributed by atoms with Crippen molar-refractivity contribution in [2.75, 3.05) is 6.54 Å². The molecule has 1 aromatic rings. The topological polar surface area (TPSA) is 32.3 Å². The average molecular weight is 193 g/mol. The predicted octanol–water partition coefficient (Wildman–Crippen LogP) is 2.11. The van der Waals surface area contributed by atoms with Crippen LogP contribution in [0, 0.1) is 0 Å². The number of rotatable bonds is 5. The first-order valence-corrected chi connectivity index (χ1v) is 5.20. The van der Waals surface area contributed by atoms with E-state index >= 15 is 0 Å². The van der Waals surface area contributed by atoms with Crippen LogP contribution >= 0.6 is 0 Å². The minimum atomic E-state index is -0.235. The lowest BCUT2D eigenvalue weighted by atomic mass is 10.1. The van der Waals surface area contributed by atoms with Crippen LogP contribution in [0.5, 0.6) is 0 Å². The van der Waals surface area contributed by atoms with Gasteiger partial charge in [-0.05, 0) is 18.9 Å². The Kier molecular flexibility index (Phi) is 4.63. The van der Waals surface area contributed by atoms with Crippen molar-refractivity contribution in [2.24, 2.45) is 0 Å². The summed E-state index contributed by atoms with van der Waals surface area (Å²) >= 11 is 0. The van der Waals surface area contributed by atoms with Crippen LogP contribution in [0.2, 0.25) is 0 Å². The molecule has 2 atom stereocenters. The zero-order valence-electron chi connectivity index (χ0n) is 8.90. The Hall–Kier alpha value is -0.860. The molecular weight excluding hydrogens is 174 g/mol. The molecule has 2 nitrogen and oxygen atoms in total. The summed E-state index contributed by atoms with van der Waals surface area (Å²) in [4.78, 5) is 0. The Morgan fingerprint density at radius 1 is 1.29 bits per heavy atom. The summed E-state index contributed by atoms with van der Waals surface area (Å²) in [5.41, 5.74) is 1.26. The molecule has 1 rings (SSSR count). The average Bonchev–Trinajstić information content (AvgIpc) is 2.26. The van der Waals surface area contributed by atoms with Gasteiger partial charge in [-0.15, -0.1) is 0 Å². The second-order valence-electron chi connectivity index (χ2n) is 3.60. The van der Waals surface area contributed by atoms with Crippen LogP contribution in [0.4, 0.5) is 0 Å². The minimum Gasteiger partial charge on any atom is -0.392 e. The van der Waals surface area contributed by atoms with Gasteiger partial charge in [-0.1, -0.05) is 37.3 Å². The minimum absolute atomic E-state index is 0.235. The van der Waals surface area contributed by atoms with Crippen molar-refractivity contribution in [3.63, 3.8) is 0 Å². The maximum absolute atomic E-state index is 9.39. The summed E-state index contributed by atoms with van der Waals surface area (Å²) in [5.74, 6) is 0. The normalized spacial score (nSPS) is 15.1. The molecular formula is C12H19NO. The molecule has 0 radical (unpaired) electrons.